The van der Waals surface area contributed by atoms with Gasteiger partial charge in [0.1, 0.15) is 5.82 Å². The summed E-state index contributed by atoms with van der Waals surface area (Å²) in [5.74, 6) is 0.805. The van der Waals surface area contributed by atoms with Gasteiger partial charge < -0.3 is 5.32 Å². The molecule has 1 aliphatic heterocycles. The number of carbonyl (C=O) groups excluding carboxylic acids is 1. The third-order valence-corrected chi connectivity index (χ3v) is 5.43. The molecule has 0 saturated carbocycles. The van der Waals surface area contributed by atoms with Crippen LogP contribution in [-0.2, 0) is 4.79 Å². The van der Waals surface area contributed by atoms with Crippen molar-refractivity contribution in [1.29, 1.82) is 0 Å². The Kier molecular flexibility index (Phi) is 4.82. The molecular formula is C17H24N4OS. The van der Waals surface area contributed by atoms with Crippen molar-refractivity contribution in [3.63, 3.8) is 0 Å². The molecule has 2 atom stereocenters. The van der Waals surface area contributed by atoms with Crippen LogP contribution in [0.25, 0.3) is 0 Å². The Morgan fingerprint density at radius 1 is 1.39 bits per heavy atom. The van der Waals surface area contributed by atoms with Crippen molar-refractivity contribution >= 4 is 23.1 Å². The lowest BCUT2D eigenvalue weighted by atomic mass is 10.1. The topological polar surface area (TPSA) is 50.2 Å². The van der Waals surface area contributed by atoms with Crippen LogP contribution in [0.15, 0.2) is 29.8 Å². The second-order valence-electron chi connectivity index (χ2n) is 6.33. The van der Waals surface area contributed by atoms with E-state index < -0.39 is 0 Å². The summed E-state index contributed by atoms with van der Waals surface area (Å²) < 4.78 is 1.84. The average molecular weight is 332 g/mol. The van der Waals surface area contributed by atoms with Gasteiger partial charge in [0.25, 0.3) is 0 Å². The van der Waals surface area contributed by atoms with Crippen molar-refractivity contribution in [1.82, 2.24) is 14.7 Å². The summed E-state index contributed by atoms with van der Waals surface area (Å²) in [5, 5.41) is 9.42. The summed E-state index contributed by atoms with van der Waals surface area (Å²) in [6.07, 6.45) is 4.00. The normalized spacial score (nSPS) is 20.1. The van der Waals surface area contributed by atoms with Gasteiger partial charge in [-0.15, -0.1) is 11.3 Å². The first-order chi connectivity index (χ1) is 11.1. The van der Waals surface area contributed by atoms with Crippen molar-refractivity contribution in [3.05, 3.63) is 34.7 Å². The summed E-state index contributed by atoms with van der Waals surface area (Å²) in [7, 11) is 0. The van der Waals surface area contributed by atoms with Crippen LogP contribution in [0.4, 0.5) is 5.82 Å². The maximum absolute atomic E-state index is 12.7. The molecule has 2 aromatic rings. The van der Waals surface area contributed by atoms with Crippen LogP contribution in [0.5, 0.6) is 0 Å². The molecular weight excluding hydrogens is 308 g/mol. The molecule has 2 aromatic heterocycles. The number of anilines is 1. The number of carbonyl (C=O) groups is 1. The molecule has 3 heterocycles. The van der Waals surface area contributed by atoms with E-state index in [2.05, 4.69) is 46.7 Å². The lowest BCUT2D eigenvalue weighted by Gasteiger charge is -2.29. The van der Waals surface area contributed by atoms with Gasteiger partial charge in [0.2, 0.25) is 5.91 Å². The Bertz CT molecular complexity index is 649. The first kappa shape index (κ1) is 16.2. The molecule has 0 unspecified atom stereocenters. The Balaban J connectivity index is 1.70. The number of amides is 1. The van der Waals surface area contributed by atoms with Crippen LogP contribution in [0.3, 0.4) is 0 Å². The number of hydrogen-bond acceptors (Lipinski definition) is 4. The Morgan fingerprint density at radius 2 is 2.22 bits per heavy atom. The van der Waals surface area contributed by atoms with E-state index in [1.165, 1.54) is 4.88 Å². The molecule has 1 saturated heterocycles. The minimum absolute atomic E-state index is 0.0378. The molecule has 0 aliphatic carbocycles. The lowest BCUT2D eigenvalue weighted by molar-refractivity contribution is -0.121. The van der Waals surface area contributed by atoms with E-state index in [-0.39, 0.29) is 18.0 Å². The summed E-state index contributed by atoms with van der Waals surface area (Å²) >= 11 is 1.78. The number of rotatable bonds is 5. The first-order valence-corrected chi connectivity index (χ1v) is 9.09. The molecule has 0 bridgehead atoms. The summed E-state index contributed by atoms with van der Waals surface area (Å²) in [6, 6.07) is 6.55. The van der Waals surface area contributed by atoms with Crippen molar-refractivity contribution in [2.24, 2.45) is 0 Å². The van der Waals surface area contributed by atoms with Gasteiger partial charge in [-0.1, -0.05) is 6.07 Å². The molecule has 0 aromatic carbocycles. The van der Waals surface area contributed by atoms with E-state index in [1.54, 1.807) is 17.5 Å². The Labute approximate surface area is 141 Å². The quantitative estimate of drug-likeness (QED) is 0.908. The standard InChI is InChI=1S/C17H24N4OS/c1-12(2)21-16(8-9-18-21)19-17(22)13(3)20-10-4-6-14(20)15-7-5-11-23-15/h5,7-9,11-14H,4,6,10H2,1-3H3,(H,19,22)/t13-,14-/m1/s1. The molecule has 5 nitrogen and oxygen atoms in total. The van der Waals surface area contributed by atoms with E-state index in [4.69, 9.17) is 0 Å². The second-order valence-corrected chi connectivity index (χ2v) is 7.31. The van der Waals surface area contributed by atoms with Gasteiger partial charge in [-0.2, -0.15) is 5.10 Å². The minimum atomic E-state index is -0.153. The van der Waals surface area contributed by atoms with Crippen LogP contribution in [0.1, 0.15) is 50.6 Å². The average Bonchev–Trinajstić information content (AvgIpc) is 3.26. The zero-order valence-electron chi connectivity index (χ0n) is 13.9. The zero-order valence-corrected chi connectivity index (χ0v) is 14.7. The van der Waals surface area contributed by atoms with E-state index in [0.717, 1.165) is 25.2 Å². The number of hydrogen-bond donors (Lipinski definition) is 1. The SMILES string of the molecule is CC(C)n1nccc1NC(=O)[C@@H](C)N1CCC[C@@H]1c1cccs1. The predicted octanol–water partition coefficient (Wildman–Crippen LogP) is 3.69. The molecule has 124 valence electrons. The van der Waals surface area contributed by atoms with Crippen molar-refractivity contribution in [2.75, 3.05) is 11.9 Å². The van der Waals surface area contributed by atoms with Crippen LogP contribution in [0.2, 0.25) is 0 Å². The summed E-state index contributed by atoms with van der Waals surface area (Å²) in [5.41, 5.74) is 0. The molecule has 1 aliphatic rings. The van der Waals surface area contributed by atoms with E-state index in [1.807, 2.05) is 17.7 Å². The molecule has 0 radical (unpaired) electrons. The second kappa shape index (κ2) is 6.84. The van der Waals surface area contributed by atoms with E-state index in [0.29, 0.717) is 6.04 Å². The van der Waals surface area contributed by atoms with Gasteiger partial charge in [-0.25, -0.2) is 4.68 Å². The van der Waals surface area contributed by atoms with Crippen LogP contribution < -0.4 is 5.32 Å². The molecule has 0 spiro atoms. The van der Waals surface area contributed by atoms with Crippen molar-refractivity contribution < 1.29 is 4.79 Å². The van der Waals surface area contributed by atoms with Gasteiger partial charge in [-0.05, 0) is 51.6 Å². The third kappa shape index (κ3) is 3.33. The maximum atomic E-state index is 12.7. The first-order valence-electron chi connectivity index (χ1n) is 8.21. The molecule has 1 amide bonds. The monoisotopic (exact) mass is 332 g/mol. The number of likely N-dealkylation sites (tertiary alicyclic amines) is 1. The number of thiophene rings is 1. The van der Waals surface area contributed by atoms with Crippen LogP contribution in [0, 0.1) is 0 Å². The lowest BCUT2D eigenvalue weighted by Crippen LogP contribution is -2.41. The number of nitrogens with one attached hydrogen (secondary N) is 1. The number of nitrogens with zero attached hydrogens (tertiary/aromatic N) is 3. The van der Waals surface area contributed by atoms with Crippen molar-refractivity contribution in [3.8, 4) is 0 Å². The van der Waals surface area contributed by atoms with Gasteiger partial charge in [0.15, 0.2) is 0 Å². The molecule has 1 fully saturated rings. The highest BCUT2D eigenvalue weighted by Crippen LogP contribution is 2.36. The van der Waals surface area contributed by atoms with Crippen molar-refractivity contribution in [2.45, 2.75) is 51.7 Å². The smallest absolute Gasteiger partial charge is 0.242 e. The molecule has 1 N–H and O–H groups in total. The van der Waals surface area contributed by atoms with Crippen LogP contribution in [-0.4, -0.2) is 33.2 Å². The van der Waals surface area contributed by atoms with Gasteiger partial charge in [-0.3, -0.25) is 9.69 Å². The fraction of sp³-hybridized carbons (Fsp3) is 0.529. The van der Waals surface area contributed by atoms with Gasteiger partial charge in [0.05, 0.1) is 12.2 Å². The third-order valence-electron chi connectivity index (χ3n) is 4.45. The molecule has 6 heteroatoms. The summed E-state index contributed by atoms with van der Waals surface area (Å²) in [4.78, 5) is 16.4. The zero-order chi connectivity index (χ0) is 16.4. The maximum Gasteiger partial charge on any atom is 0.242 e. The Morgan fingerprint density at radius 3 is 2.91 bits per heavy atom. The largest absolute Gasteiger partial charge is 0.310 e. The number of aromatic nitrogens is 2. The molecule has 3 rings (SSSR count). The Hall–Kier alpha value is -1.66. The van der Waals surface area contributed by atoms with Gasteiger partial charge >= 0.3 is 0 Å². The fourth-order valence-electron chi connectivity index (χ4n) is 3.25. The fourth-order valence-corrected chi connectivity index (χ4v) is 4.13. The predicted molar refractivity (Wildman–Crippen MR) is 93.7 cm³/mol. The van der Waals surface area contributed by atoms with Crippen LogP contribution >= 0.6 is 11.3 Å². The van der Waals surface area contributed by atoms with Gasteiger partial charge in [0, 0.05) is 23.0 Å². The van der Waals surface area contributed by atoms with E-state index >= 15 is 0 Å². The highest BCUT2D eigenvalue weighted by atomic mass is 32.1. The van der Waals surface area contributed by atoms with E-state index in [9.17, 15) is 4.79 Å². The highest BCUT2D eigenvalue weighted by molar-refractivity contribution is 7.10. The highest BCUT2D eigenvalue weighted by Gasteiger charge is 2.33. The molecule has 23 heavy (non-hydrogen) atoms. The summed E-state index contributed by atoms with van der Waals surface area (Å²) in [6.45, 7) is 7.08. The minimum Gasteiger partial charge on any atom is -0.310 e.